The van der Waals surface area contributed by atoms with Gasteiger partial charge in [-0.1, -0.05) is 153 Å². The van der Waals surface area contributed by atoms with Crippen molar-refractivity contribution in [2.75, 3.05) is 0 Å². The third-order valence-corrected chi connectivity index (χ3v) is 12.5. The first-order valence-corrected chi connectivity index (χ1v) is 20.5. The molecule has 12 rings (SSSR count). The standard InChI is InChI=1S/C56H38N4/c1-3-40-49(4-2)57-56(58-55(40)38-28-30-42-36(32-38)27-26-35-16-8-9-19-41(35)42)60-50-24-14-12-21-44(50)48-33-37(29-31-52(48)60)47-34-53-54(45-22-11-10-20-43(45)47)46-23-13-15-25-51(46)59(53)39-17-6-5-7-18-39/h3-34,56,58H,1-2H2. The van der Waals surface area contributed by atoms with Gasteiger partial charge in [-0.05, 0) is 104 Å². The highest BCUT2D eigenvalue weighted by molar-refractivity contribution is 6.25. The van der Waals surface area contributed by atoms with Gasteiger partial charge in [0.15, 0.2) is 0 Å². The first kappa shape index (κ1) is 34.1. The molecule has 0 radical (unpaired) electrons. The molecule has 1 atom stereocenters. The molecule has 0 spiro atoms. The summed E-state index contributed by atoms with van der Waals surface area (Å²) in [6.07, 6.45) is 3.30. The Morgan fingerprint density at radius 2 is 1.12 bits per heavy atom. The molecule has 0 bridgehead atoms. The lowest BCUT2D eigenvalue weighted by atomic mass is 9.94. The molecule has 1 aliphatic heterocycles. The number of nitrogens with zero attached hydrogens (tertiary/aromatic N) is 3. The van der Waals surface area contributed by atoms with Gasteiger partial charge in [-0.3, -0.25) is 0 Å². The van der Waals surface area contributed by atoms with E-state index in [4.69, 9.17) is 4.99 Å². The molecular weight excluding hydrogens is 729 g/mol. The predicted octanol–water partition coefficient (Wildman–Crippen LogP) is 14.3. The minimum absolute atomic E-state index is 0.434. The quantitative estimate of drug-likeness (QED) is 0.168. The van der Waals surface area contributed by atoms with Crippen LogP contribution in [0.15, 0.2) is 218 Å². The minimum atomic E-state index is -0.434. The van der Waals surface area contributed by atoms with Gasteiger partial charge in [0.05, 0.1) is 33.5 Å². The Morgan fingerprint density at radius 1 is 0.467 bits per heavy atom. The fourth-order valence-electron chi connectivity index (χ4n) is 9.83. The van der Waals surface area contributed by atoms with Gasteiger partial charge >= 0.3 is 0 Å². The number of rotatable bonds is 6. The van der Waals surface area contributed by atoms with Gasteiger partial charge in [-0.25, -0.2) is 4.99 Å². The first-order chi connectivity index (χ1) is 29.7. The summed E-state index contributed by atoms with van der Waals surface area (Å²) in [6, 6.07) is 66.0. The first-order valence-electron chi connectivity index (χ1n) is 20.5. The number of para-hydroxylation sites is 3. The van der Waals surface area contributed by atoms with Gasteiger partial charge in [0.1, 0.15) is 0 Å². The van der Waals surface area contributed by atoms with E-state index in [9.17, 15) is 0 Å². The van der Waals surface area contributed by atoms with E-state index in [2.05, 4.69) is 210 Å². The minimum Gasteiger partial charge on any atom is -0.345 e. The van der Waals surface area contributed by atoms with E-state index in [1.54, 1.807) is 0 Å². The summed E-state index contributed by atoms with van der Waals surface area (Å²) in [5, 5.41) is 16.1. The molecule has 9 aromatic carbocycles. The van der Waals surface area contributed by atoms with Gasteiger partial charge < -0.3 is 14.5 Å². The van der Waals surface area contributed by atoms with E-state index < -0.39 is 6.29 Å². The molecule has 11 aromatic rings. The molecule has 0 aliphatic carbocycles. The summed E-state index contributed by atoms with van der Waals surface area (Å²) in [6.45, 7) is 8.44. The van der Waals surface area contributed by atoms with Crippen LogP contribution in [0.4, 0.5) is 0 Å². The molecule has 0 saturated carbocycles. The zero-order valence-corrected chi connectivity index (χ0v) is 32.8. The number of allylic oxidation sites excluding steroid dienone is 3. The average Bonchev–Trinajstić information content (AvgIpc) is 3.83. The Morgan fingerprint density at radius 3 is 1.93 bits per heavy atom. The monoisotopic (exact) mass is 766 g/mol. The van der Waals surface area contributed by atoms with Crippen LogP contribution in [0.25, 0.3) is 98.4 Å². The van der Waals surface area contributed by atoms with E-state index in [1.807, 2.05) is 12.2 Å². The predicted molar refractivity (Wildman–Crippen MR) is 255 cm³/mol. The van der Waals surface area contributed by atoms with E-state index in [0.717, 1.165) is 39.3 Å². The van der Waals surface area contributed by atoms with Crippen molar-refractivity contribution in [3.63, 3.8) is 0 Å². The highest BCUT2D eigenvalue weighted by Crippen LogP contribution is 2.43. The molecule has 1 aliphatic rings. The number of hydrogen-bond donors (Lipinski definition) is 1. The molecular formula is C56H38N4. The molecule has 3 heterocycles. The molecule has 0 amide bonds. The van der Waals surface area contributed by atoms with Crippen molar-refractivity contribution >= 4 is 87.3 Å². The van der Waals surface area contributed by atoms with Crippen LogP contribution in [-0.2, 0) is 0 Å². The zero-order valence-electron chi connectivity index (χ0n) is 32.8. The Balaban J connectivity index is 1.04. The highest BCUT2D eigenvalue weighted by Gasteiger charge is 2.26. The van der Waals surface area contributed by atoms with Crippen molar-refractivity contribution in [1.82, 2.24) is 14.5 Å². The van der Waals surface area contributed by atoms with Gasteiger partial charge in [-0.2, -0.15) is 0 Å². The van der Waals surface area contributed by atoms with Crippen molar-refractivity contribution < 1.29 is 0 Å². The molecule has 2 aromatic heterocycles. The lowest BCUT2D eigenvalue weighted by Gasteiger charge is -2.29. The largest absolute Gasteiger partial charge is 0.345 e. The molecule has 4 nitrogen and oxygen atoms in total. The maximum absolute atomic E-state index is 5.31. The van der Waals surface area contributed by atoms with Crippen LogP contribution >= 0.6 is 0 Å². The van der Waals surface area contributed by atoms with E-state index >= 15 is 0 Å². The van der Waals surface area contributed by atoms with Gasteiger partial charge in [0.25, 0.3) is 0 Å². The topological polar surface area (TPSA) is 34.2 Å². The average molecular weight is 767 g/mol. The maximum atomic E-state index is 5.31. The fourth-order valence-corrected chi connectivity index (χ4v) is 9.83. The Kier molecular flexibility index (Phi) is 7.56. The van der Waals surface area contributed by atoms with Gasteiger partial charge in [-0.15, -0.1) is 0 Å². The smallest absolute Gasteiger partial charge is 0.201 e. The Hall–Kier alpha value is -7.95. The second-order valence-electron chi connectivity index (χ2n) is 15.6. The Bertz CT molecular complexity index is 3670. The third kappa shape index (κ3) is 5.01. The normalized spacial score (nSPS) is 14.5. The molecule has 60 heavy (non-hydrogen) atoms. The molecule has 282 valence electrons. The lowest BCUT2D eigenvalue weighted by molar-refractivity contribution is 0.507. The van der Waals surface area contributed by atoms with Gasteiger partial charge in [0, 0.05) is 32.8 Å². The number of hydrogen-bond acceptors (Lipinski definition) is 2. The second-order valence-corrected chi connectivity index (χ2v) is 15.6. The molecule has 0 saturated heterocycles. The number of fused-ring (bicyclic) bond motifs is 11. The summed E-state index contributed by atoms with van der Waals surface area (Å²) in [4.78, 5) is 5.31. The molecule has 1 N–H and O–H groups in total. The lowest BCUT2D eigenvalue weighted by Crippen LogP contribution is -2.30. The van der Waals surface area contributed by atoms with Crippen molar-refractivity contribution in [2.45, 2.75) is 6.29 Å². The van der Waals surface area contributed by atoms with Crippen LogP contribution in [0.5, 0.6) is 0 Å². The summed E-state index contributed by atoms with van der Waals surface area (Å²) >= 11 is 0. The van der Waals surface area contributed by atoms with E-state index in [-0.39, 0.29) is 0 Å². The SMILES string of the molecule is C=CC1=NC(n2c3ccccc3c3cc(-c4cc5c(c6ccccc46)c4ccccc4n5-c4ccccc4)ccc32)NC(c2ccc3c(ccc4ccccc43)c2)=C1C=C. The molecule has 4 heteroatoms. The summed E-state index contributed by atoms with van der Waals surface area (Å²) in [7, 11) is 0. The highest BCUT2D eigenvalue weighted by atomic mass is 15.3. The second kappa shape index (κ2) is 13.3. The van der Waals surface area contributed by atoms with Gasteiger partial charge in [0.2, 0.25) is 6.29 Å². The third-order valence-electron chi connectivity index (χ3n) is 12.5. The Labute approximate surface area is 347 Å². The van der Waals surface area contributed by atoms with Crippen molar-refractivity contribution in [2.24, 2.45) is 4.99 Å². The van der Waals surface area contributed by atoms with Crippen LogP contribution in [0, 0.1) is 0 Å². The number of aliphatic imine (C=N–C) groups is 1. The fraction of sp³-hybridized carbons (Fsp3) is 0.0179. The van der Waals surface area contributed by atoms with Crippen molar-refractivity contribution in [1.29, 1.82) is 0 Å². The molecule has 0 fully saturated rings. The van der Waals surface area contributed by atoms with Crippen LogP contribution in [0.3, 0.4) is 0 Å². The summed E-state index contributed by atoms with van der Waals surface area (Å²) in [5.74, 6) is 0. The van der Waals surface area contributed by atoms with Crippen molar-refractivity contribution in [3.05, 3.63) is 218 Å². The van der Waals surface area contributed by atoms with Crippen LogP contribution in [-0.4, -0.2) is 14.8 Å². The van der Waals surface area contributed by atoms with Crippen LogP contribution < -0.4 is 5.32 Å². The number of aromatic nitrogens is 2. The van der Waals surface area contributed by atoms with E-state index in [0.29, 0.717) is 0 Å². The zero-order chi connectivity index (χ0) is 39.9. The maximum Gasteiger partial charge on any atom is 0.201 e. The number of benzene rings is 9. The van der Waals surface area contributed by atoms with Crippen LogP contribution in [0.1, 0.15) is 11.9 Å². The molecule has 1 unspecified atom stereocenters. The summed E-state index contributed by atoms with van der Waals surface area (Å²) in [5.41, 5.74) is 11.9. The van der Waals surface area contributed by atoms with Crippen LogP contribution in [0.2, 0.25) is 0 Å². The van der Waals surface area contributed by atoms with Crippen molar-refractivity contribution in [3.8, 4) is 16.8 Å². The summed E-state index contributed by atoms with van der Waals surface area (Å²) < 4.78 is 4.75. The van der Waals surface area contributed by atoms with E-state index in [1.165, 1.54) is 76.0 Å². The number of nitrogens with one attached hydrogen (secondary N) is 1.